The third-order valence-electron chi connectivity index (χ3n) is 4.43. The molecule has 1 atom stereocenters. The Morgan fingerprint density at radius 2 is 1.86 bits per heavy atom. The van der Waals surface area contributed by atoms with Crippen LogP contribution in [-0.4, -0.2) is 41.1 Å². The molecule has 1 unspecified atom stereocenters. The number of ether oxygens (including phenoxy) is 3. The van der Waals surface area contributed by atoms with Gasteiger partial charge in [-0.15, -0.1) is 18.2 Å². The van der Waals surface area contributed by atoms with Crippen molar-refractivity contribution < 1.29 is 41.9 Å². The van der Waals surface area contributed by atoms with Crippen LogP contribution in [0.15, 0.2) is 30.3 Å². The van der Waals surface area contributed by atoms with Crippen molar-refractivity contribution in [2.75, 3.05) is 18.1 Å². The van der Waals surface area contributed by atoms with Crippen molar-refractivity contribution in [1.82, 2.24) is 0 Å². The predicted molar refractivity (Wildman–Crippen MR) is 131 cm³/mol. The van der Waals surface area contributed by atoms with E-state index in [0.717, 1.165) is 18.2 Å². The first-order valence-electron chi connectivity index (χ1n) is 10.2. The molecular weight excluding hydrogens is 562 g/mol. The fourth-order valence-electron chi connectivity index (χ4n) is 2.78. The number of alkyl halides is 3. The minimum atomic E-state index is -4.70. The Bertz CT molecular complexity index is 1190. The maximum Gasteiger partial charge on any atom is 0.416 e. The first kappa shape index (κ1) is 30.1. The number of nitro groups is 1. The molecule has 0 fully saturated rings. The standard InChI is InChI=1S/C23H18Cl2F3NO7S/c1-3-7-37-8-6-34-22(31)13(2)35-20(30)10-14-9-16(4-5-19(14)29(32)33)36-21-17(24)11-15(12-18(21)25)23(26,27)28/h1,4-5,9,11-13H,6-8,10H2,2H3. The SMILES string of the molecule is C#CCSCCOC(=O)C(C)OC(=O)Cc1cc(Oc2c(Cl)cc(C(F)(F)F)cc2Cl)ccc1[N+](=O)[O-]. The first-order valence-corrected chi connectivity index (χ1v) is 12.1. The normalized spacial score (nSPS) is 11.8. The summed E-state index contributed by atoms with van der Waals surface area (Å²) in [5.74, 6) is 1.09. The van der Waals surface area contributed by atoms with Crippen molar-refractivity contribution in [1.29, 1.82) is 0 Å². The lowest BCUT2D eigenvalue weighted by molar-refractivity contribution is -0.385. The minimum absolute atomic E-state index is 0.0486. The molecule has 8 nitrogen and oxygen atoms in total. The van der Waals surface area contributed by atoms with Gasteiger partial charge in [0.1, 0.15) is 12.4 Å². The molecule has 0 saturated heterocycles. The number of nitrogens with zero attached hydrogens (tertiary/aromatic N) is 1. The highest BCUT2D eigenvalue weighted by Crippen LogP contribution is 2.42. The van der Waals surface area contributed by atoms with E-state index >= 15 is 0 Å². The molecule has 2 rings (SSSR count). The number of nitro benzene ring substituents is 1. The van der Waals surface area contributed by atoms with Crippen LogP contribution in [0.3, 0.4) is 0 Å². The zero-order valence-corrected chi connectivity index (χ0v) is 21.3. The van der Waals surface area contributed by atoms with Crippen LogP contribution in [0.2, 0.25) is 10.0 Å². The Balaban J connectivity index is 2.15. The van der Waals surface area contributed by atoms with E-state index in [-0.39, 0.29) is 23.7 Å². The second-order valence-electron chi connectivity index (χ2n) is 7.15. The zero-order chi connectivity index (χ0) is 27.8. The highest BCUT2D eigenvalue weighted by molar-refractivity contribution is 7.99. The van der Waals surface area contributed by atoms with Gasteiger partial charge in [-0.3, -0.25) is 14.9 Å². The maximum absolute atomic E-state index is 12.9. The number of thioether (sulfide) groups is 1. The van der Waals surface area contributed by atoms with Gasteiger partial charge in [-0.25, -0.2) is 4.79 Å². The second-order valence-corrected chi connectivity index (χ2v) is 9.07. The summed E-state index contributed by atoms with van der Waals surface area (Å²) in [6, 6.07) is 4.50. The quantitative estimate of drug-likeness (QED) is 0.103. The molecule has 0 amide bonds. The largest absolute Gasteiger partial charge is 0.462 e. The number of esters is 2. The van der Waals surface area contributed by atoms with Gasteiger partial charge in [0.25, 0.3) is 5.69 Å². The molecule has 0 aromatic heterocycles. The van der Waals surface area contributed by atoms with Crippen molar-refractivity contribution in [2.45, 2.75) is 25.6 Å². The summed E-state index contributed by atoms with van der Waals surface area (Å²) in [6.07, 6.45) is -1.50. The minimum Gasteiger partial charge on any atom is -0.462 e. The third-order valence-corrected chi connectivity index (χ3v) is 5.81. The molecule has 0 spiro atoms. The van der Waals surface area contributed by atoms with Crippen molar-refractivity contribution in [3.63, 3.8) is 0 Å². The molecule has 2 aromatic rings. The van der Waals surface area contributed by atoms with Gasteiger partial charge < -0.3 is 14.2 Å². The second kappa shape index (κ2) is 13.4. The van der Waals surface area contributed by atoms with Gasteiger partial charge in [0.2, 0.25) is 0 Å². The molecule has 14 heteroatoms. The van der Waals surface area contributed by atoms with Crippen LogP contribution >= 0.6 is 35.0 Å². The molecular formula is C23H18Cl2F3NO7S. The Morgan fingerprint density at radius 1 is 1.22 bits per heavy atom. The molecule has 0 aliphatic rings. The summed E-state index contributed by atoms with van der Waals surface area (Å²) in [4.78, 5) is 35.0. The van der Waals surface area contributed by atoms with E-state index in [1.807, 2.05) is 0 Å². The van der Waals surface area contributed by atoms with Crippen LogP contribution < -0.4 is 4.74 Å². The summed E-state index contributed by atoms with van der Waals surface area (Å²) >= 11 is 13.2. The summed E-state index contributed by atoms with van der Waals surface area (Å²) < 4.78 is 54.3. The zero-order valence-electron chi connectivity index (χ0n) is 19.0. The molecule has 2 aromatic carbocycles. The topological polar surface area (TPSA) is 105 Å². The summed E-state index contributed by atoms with van der Waals surface area (Å²) in [7, 11) is 0. The Kier molecular flexibility index (Phi) is 10.9. The number of rotatable bonds is 11. The lowest BCUT2D eigenvalue weighted by Gasteiger charge is -2.14. The Morgan fingerprint density at radius 3 is 2.43 bits per heavy atom. The van der Waals surface area contributed by atoms with Crippen molar-refractivity contribution in [3.05, 3.63) is 61.6 Å². The van der Waals surface area contributed by atoms with E-state index in [2.05, 4.69) is 5.92 Å². The highest BCUT2D eigenvalue weighted by atomic mass is 35.5. The third kappa shape index (κ3) is 9.03. The van der Waals surface area contributed by atoms with Gasteiger partial charge in [0.05, 0.1) is 32.7 Å². The van der Waals surface area contributed by atoms with Crippen LogP contribution in [0.5, 0.6) is 11.5 Å². The fraction of sp³-hybridized carbons (Fsp3) is 0.304. The van der Waals surface area contributed by atoms with Gasteiger partial charge in [-0.2, -0.15) is 13.2 Å². The van der Waals surface area contributed by atoms with E-state index in [9.17, 15) is 32.9 Å². The smallest absolute Gasteiger partial charge is 0.416 e. The number of benzene rings is 2. The van der Waals surface area contributed by atoms with Gasteiger partial charge in [-0.05, 0) is 31.2 Å². The molecule has 0 N–H and O–H groups in total. The lowest BCUT2D eigenvalue weighted by Crippen LogP contribution is -2.27. The van der Waals surface area contributed by atoms with Gasteiger partial charge in [-0.1, -0.05) is 29.1 Å². The van der Waals surface area contributed by atoms with Gasteiger partial charge in [0, 0.05) is 17.4 Å². The molecule has 198 valence electrons. The van der Waals surface area contributed by atoms with Crippen molar-refractivity contribution >= 4 is 52.6 Å². The number of hydrogen-bond donors (Lipinski definition) is 0. The molecule has 0 saturated carbocycles. The maximum atomic E-state index is 12.9. The molecule has 0 aliphatic heterocycles. The monoisotopic (exact) mass is 579 g/mol. The number of terminal acetylenes is 1. The van der Waals surface area contributed by atoms with Crippen LogP contribution in [0.25, 0.3) is 0 Å². The first-order chi connectivity index (χ1) is 17.3. The van der Waals surface area contributed by atoms with E-state index in [1.165, 1.54) is 18.7 Å². The number of carbonyl (C=O) groups is 2. The number of hydrogen-bond acceptors (Lipinski definition) is 8. The Labute approximate surface area is 223 Å². The van der Waals surface area contributed by atoms with Gasteiger partial charge >= 0.3 is 18.1 Å². The molecule has 0 bridgehead atoms. The van der Waals surface area contributed by atoms with Crippen molar-refractivity contribution in [2.24, 2.45) is 0 Å². The average molecular weight is 580 g/mol. The summed E-state index contributed by atoms with van der Waals surface area (Å²) in [6.45, 7) is 1.32. The molecule has 0 aliphatic carbocycles. The van der Waals surface area contributed by atoms with Crippen molar-refractivity contribution in [3.8, 4) is 23.8 Å². The highest BCUT2D eigenvalue weighted by Gasteiger charge is 2.32. The van der Waals surface area contributed by atoms with Crippen LogP contribution in [0, 0.1) is 22.5 Å². The molecule has 0 radical (unpaired) electrons. The molecule has 0 heterocycles. The van der Waals surface area contributed by atoms with Gasteiger partial charge in [0.15, 0.2) is 11.9 Å². The number of halogens is 5. The molecule has 37 heavy (non-hydrogen) atoms. The van der Waals surface area contributed by atoms with E-state index in [4.69, 9.17) is 43.8 Å². The number of carbonyl (C=O) groups excluding carboxylic acids is 2. The average Bonchev–Trinajstić information content (AvgIpc) is 2.80. The summed E-state index contributed by atoms with van der Waals surface area (Å²) in [5, 5.41) is 10.5. The van der Waals surface area contributed by atoms with Crippen LogP contribution in [0.1, 0.15) is 18.1 Å². The van der Waals surface area contributed by atoms with E-state index in [0.29, 0.717) is 23.6 Å². The Hall–Kier alpha value is -3.14. The summed E-state index contributed by atoms with van der Waals surface area (Å²) in [5.41, 5.74) is -1.71. The fourth-order valence-corrected chi connectivity index (χ4v) is 3.80. The van der Waals surface area contributed by atoms with E-state index in [1.54, 1.807) is 0 Å². The van der Waals surface area contributed by atoms with E-state index < -0.39 is 56.9 Å². The van der Waals surface area contributed by atoms with Crippen LogP contribution in [0.4, 0.5) is 18.9 Å². The van der Waals surface area contributed by atoms with Crippen LogP contribution in [-0.2, 0) is 31.7 Å². The predicted octanol–water partition coefficient (Wildman–Crippen LogP) is 6.10. The lowest BCUT2D eigenvalue weighted by atomic mass is 10.1.